The van der Waals surface area contributed by atoms with Crippen LogP contribution < -0.4 is 10.5 Å². The molecular weight excluding hydrogens is 343 g/mol. The van der Waals surface area contributed by atoms with E-state index in [9.17, 15) is 18.0 Å². The first-order valence-electron chi connectivity index (χ1n) is 7.69. The molecule has 1 amide bonds. The number of hydrogen-bond donors (Lipinski definition) is 1. The van der Waals surface area contributed by atoms with Crippen molar-refractivity contribution in [3.63, 3.8) is 0 Å². The van der Waals surface area contributed by atoms with Gasteiger partial charge in [0.05, 0.1) is 5.56 Å². The Morgan fingerprint density at radius 2 is 1.35 bits per heavy atom. The summed E-state index contributed by atoms with van der Waals surface area (Å²) < 4.78 is 42.5. The van der Waals surface area contributed by atoms with Crippen molar-refractivity contribution in [2.24, 2.45) is 5.73 Å². The fraction of sp³-hybridized carbons (Fsp3) is 0.0500. The van der Waals surface area contributed by atoms with E-state index in [1.807, 2.05) is 30.3 Å². The fourth-order valence-corrected chi connectivity index (χ4v) is 2.66. The smallest absolute Gasteiger partial charge is 0.404 e. The molecule has 0 aliphatic rings. The lowest BCUT2D eigenvalue weighted by Gasteiger charge is -2.16. The molecule has 2 N–H and O–H groups in total. The lowest BCUT2D eigenvalue weighted by atomic mass is 9.98. The Labute approximate surface area is 147 Å². The lowest BCUT2D eigenvalue weighted by molar-refractivity contribution is -0.274. The van der Waals surface area contributed by atoms with Crippen LogP contribution in [0.2, 0.25) is 0 Å². The second kappa shape index (κ2) is 6.92. The van der Waals surface area contributed by atoms with Gasteiger partial charge in [0.2, 0.25) is 0 Å². The zero-order chi connectivity index (χ0) is 18.7. The molecule has 0 aromatic heterocycles. The summed E-state index contributed by atoms with van der Waals surface area (Å²) in [7, 11) is 0. The van der Waals surface area contributed by atoms with Gasteiger partial charge in [-0.1, -0.05) is 66.7 Å². The number of halogens is 3. The molecule has 0 atom stereocenters. The minimum absolute atomic E-state index is 0.137. The molecule has 0 saturated carbocycles. The molecule has 0 saturated heterocycles. The summed E-state index contributed by atoms with van der Waals surface area (Å²) in [5.74, 6) is -1.59. The third-order valence-corrected chi connectivity index (χ3v) is 3.80. The van der Waals surface area contributed by atoms with E-state index < -0.39 is 18.0 Å². The van der Waals surface area contributed by atoms with Crippen LogP contribution in [-0.2, 0) is 0 Å². The van der Waals surface area contributed by atoms with Gasteiger partial charge in [-0.3, -0.25) is 4.79 Å². The minimum Gasteiger partial charge on any atom is -0.404 e. The maximum Gasteiger partial charge on any atom is 0.573 e. The van der Waals surface area contributed by atoms with Gasteiger partial charge in [-0.25, -0.2) is 0 Å². The number of hydrogen-bond acceptors (Lipinski definition) is 2. The highest BCUT2D eigenvalue weighted by molar-refractivity contribution is 5.98. The molecular formula is C20H14F3NO2. The van der Waals surface area contributed by atoms with Crippen molar-refractivity contribution in [2.45, 2.75) is 6.36 Å². The number of para-hydroxylation sites is 1. The number of alkyl halides is 3. The quantitative estimate of drug-likeness (QED) is 0.713. The minimum atomic E-state index is -4.94. The van der Waals surface area contributed by atoms with Crippen LogP contribution in [0, 0.1) is 0 Å². The number of ether oxygens (including phenoxy) is 1. The summed E-state index contributed by atoms with van der Waals surface area (Å²) in [6, 6.07) is 20.6. The van der Waals surface area contributed by atoms with E-state index in [1.54, 1.807) is 24.3 Å². The number of amides is 1. The number of carbonyl (C=O) groups excluding carboxylic acids is 1. The summed E-state index contributed by atoms with van der Waals surface area (Å²) in [6.45, 7) is 0. The zero-order valence-electron chi connectivity index (χ0n) is 13.5. The van der Waals surface area contributed by atoms with E-state index in [4.69, 9.17) is 5.73 Å². The summed E-state index contributed by atoms with van der Waals surface area (Å²) in [5, 5.41) is 0. The van der Waals surface area contributed by atoms with Crippen molar-refractivity contribution in [3.8, 4) is 28.0 Å². The van der Waals surface area contributed by atoms with Crippen LogP contribution in [0.3, 0.4) is 0 Å². The van der Waals surface area contributed by atoms with Crippen LogP contribution in [0.25, 0.3) is 22.3 Å². The molecule has 6 heteroatoms. The molecule has 0 heterocycles. The summed E-state index contributed by atoms with van der Waals surface area (Å²) in [5.41, 5.74) is 7.38. The summed E-state index contributed by atoms with van der Waals surface area (Å²) in [6.07, 6.45) is -4.94. The first-order chi connectivity index (χ1) is 12.3. The molecule has 0 aliphatic carbocycles. The number of benzene rings is 3. The van der Waals surface area contributed by atoms with Gasteiger partial charge in [0.1, 0.15) is 5.75 Å². The van der Waals surface area contributed by atoms with Gasteiger partial charge in [-0.05, 0) is 22.8 Å². The van der Waals surface area contributed by atoms with Crippen molar-refractivity contribution >= 4 is 5.91 Å². The summed E-state index contributed by atoms with van der Waals surface area (Å²) in [4.78, 5) is 11.5. The topological polar surface area (TPSA) is 52.3 Å². The Morgan fingerprint density at radius 3 is 1.92 bits per heavy atom. The van der Waals surface area contributed by atoms with Gasteiger partial charge in [-0.2, -0.15) is 0 Å². The van der Waals surface area contributed by atoms with Crippen LogP contribution in [0.1, 0.15) is 10.4 Å². The summed E-state index contributed by atoms with van der Waals surface area (Å²) >= 11 is 0. The van der Waals surface area contributed by atoms with Crippen molar-refractivity contribution in [1.82, 2.24) is 0 Å². The maximum atomic E-state index is 12.8. The normalized spacial score (nSPS) is 11.2. The lowest BCUT2D eigenvalue weighted by Crippen LogP contribution is -2.21. The Bertz CT molecular complexity index is 920. The maximum absolute atomic E-state index is 12.8. The van der Waals surface area contributed by atoms with Gasteiger partial charge in [0.25, 0.3) is 5.91 Å². The van der Waals surface area contributed by atoms with Crippen molar-refractivity contribution < 1.29 is 22.7 Å². The molecule has 3 nitrogen and oxygen atoms in total. The monoisotopic (exact) mass is 357 g/mol. The third-order valence-electron chi connectivity index (χ3n) is 3.80. The van der Waals surface area contributed by atoms with Crippen LogP contribution in [-0.4, -0.2) is 12.3 Å². The first-order valence-corrected chi connectivity index (χ1v) is 7.69. The van der Waals surface area contributed by atoms with Gasteiger partial charge >= 0.3 is 6.36 Å². The van der Waals surface area contributed by atoms with E-state index in [1.165, 1.54) is 18.2 Å². The average molecular weight is 357 g/mol. The Balaban J connectivity index is 2.06. The molecule has 3 aromatic carbocycles. The SMILES string of the molecule is NC(=O)c1cccc(-c2ccc(-c3ccccc3)cc2)c1OC(F)(F)F. The van der Waals surface area contributed by atoms with E-state index >= 15 is 0 Å². The highest BCUT2D eigenvalue weighted by Gasteiger charge is 2.34. The predicted octanol–water partition coefficient (Wildman–Crippen LogP) is 5.02. The third kappa shape index (κ3) is 3.85. The van der Waals surface area contributed by atoms with Crippen LogP contribution in [0.4, 0.5) is 13.2 Å². The molecule has 0 aliphatic heterocycles. The number of primary amides is 1. The second-order valence-corrected chi connectivity index (χ2v) is 5.54. The Kier molecular flexibility index (Phi) is 4.67. The molecule has 26 heavy (non-hydrogen) atoms. The molecule has 0 spiro atoms. The van der Waals surface area contributed by atoms with Crippen molar-refractivity contribution in [1.29, 1.82) is 0 Å². The van der Waals surface area contributed by atoms with Crippen LogP contribution in [0.15, 0.2) is 72.8 Å². The van der Waals surface area contributed by atoms with E-state index in [-0.39, 0.29) is 11.1 Å². The van der Waals surface area contributed by atoms with Gasteiger partial charge in [0, 0.05) is 5.56 Å². The number of carbonyl (C=O) groups is 1. The zero-order valence-corrected chi connectivity index (χ0v) is 13.5. The molecule has 132 valence electrons. The molecule has 3 rings (SSSR count). The number of rotatable bonds is 4. The van der Waals surface area contributed by atoms with Crippen molar-refractivity contribution in [2.75, 3.05) is 0 Å². The van der Waals surface area contributed by atoms with E-state index in [2.05, 4.69) is 4.74 Å². The molecule has 0 bridgehead atoms. The van der Waals surface area contributed by atoms with Crippen LogP contribution >= 0.6 is 0 Å². The van der Waals surface area contributed by atoms with Crippen LogP contribution in [0.5, 0.6) is 5.75 Å². The van der Waals surface area contributed by atoms with E-state index in [0.29, 0.717) is 5.56 Å². The molecule has 3 aromatic rings. The second-order valence-electron chi connectivity index (χ2n) is 5.54. The molecule has 0 unspecified atom stereocenters. The van der Waals surface area contributed by atoms with Gasteiger partial charge in [-0.15, -0.1) is 13.2 Å². The predicted molar refractivity (Wildman–Crippen MR) is 92.5 cm³/mol. The Morgan fingerprint density at radius 1 is 0.769 bits per heavy atom. The standard InChI is InChI=1S/C20H14F3NO2/c21-20(22,23)26-18-16(7-4-8-17(18)19(24)25)15-11-9-14(10-12-15)13-5-2-1-3-6-13/h1-12H,(H2,24,25). The van der Waals surface area contributed by atoms with Crippen molar-refractivity contribution in [3.05, 3.63) is 78.4 Å². The van der Waals surface area contributed by atoms with E-state index in [0.717, 1.165) is 11.1 Å². The average Bonchev–Trinajstić information content (AvgIpc) is 2.61. The number of nitrogens with two attached hydrogens (primary N) is 1. The van der Waals surface area contributed by atoms with Gasteiger partial charge in [0.15, 0.2) is 0 Å². The molecule has 0 fully saturated rings. The highest BCUT2D eigenvalue weighted by Crippen LogP contribution is 2.37. The van der Waals surface area contributed by atoms with Gasteiger partial charge < -0.3 is 10.5 Å². The first kappa shape index (κ1) is 17.5. The fourth-order valence-electron chi connectivity index (χ4n) is 2.66. The Hall–Kier alpha value is -3.28. The largest absolute Gasteiger partial charge is 0.573 e. The molecule has 0 radical (unpaired) electrons. The highest BCUT2D eigenvalue weighted by atomic mass is 19.4.